The molecule has 1 aromatic carbocycles. The zero-order valence-corrected chi connectivity index (χ0v) is 11.5. The second-order valence-corrected chi connectivity index (χ2v) is 4.24. The van der Waals surface area contributed by atoms with Crippen molar-refractivity contribution in [1.82, 2.24) is 10.6 Å². The minimum absolute atomic E-state index is 0.146. The molecular weight excluding hydrogens is 252 g/mol. The van der Waals surface area contributed by atoms with Crippen molar-refractivity contribution in [2.45, 2.75) is 20.0 Å². The molecule has 0 aromatic heterocycles. The van der Waals surface area contributed by atoms with Crippen molar-refractivity contribution in [3.8, 4) is 5.75 Å². The van der Waals surface area contributed by atoms with Crippen LogP contribution in [0.5, 0.6) is 5.75 Å². The summed E-state index contributed by atoms with van der Waals surface area (Å²) in [5.74, 6) is 0.376. The molecule has 0 aliphatic carbocycles. The molecule has 0 heterocycles. The van der Waals surface area contributed by atoms with E-state index in [0.717, 1.165) is 13.1 Å². The van der Waals surface area contributed by atoms with E-state index in [1.54, 1.807) is 19.1 Å². The summed E-state index contributed by atoms with van der Waals surface area (Å²) >= 11 is 5.95. The van der Waals surface area contributed by atoms with Gasteiger partial charge in [0.15, 0.2) is 6.10 Å². The minimum Gasteiger partial charge on any atom is -0.479 e. The first kappa shape index (κ1) is 14.8. The summed E-state index contributed by atoms with van der Waals surface area (Å²) in [5, 5.41) is 6.42. The average Bonchev–Trinajstić information content (AvgIpc) is 2.37. The maximum Gasteiger partial charge on any atom is 0.260 e. The Morgan fingerprint density at radius 2 is 2.11 bits per heavy atom. The van der Waals surface area contributed by atoms with E-state index < -0.39 is 6.10 Å². The van der Waals surface area contributed by atoms with Gasteiger partial charge in [-0.25, -0.2) is 0 Å². The SMILES string of the molecule is CCNCCNC(=O)C(C)Oc1ccccc1Cl. The molecule has 5 heteroatoms. The Hall–Kier alpha value is -1.26. The van der Waals surface area contributed by atoms with E-state index in [1.165, 1.54) is 0 Å². The highest BCUT2D eigenvalue weighted by molar-refractivity contribution is 6.32. The summed E-state index contributed by atoms with van der Waals surface area (Å²) in [6.45, 7) is 5.95. The van der Waals surface area contributed by atoms with Crippen molar-refractivity contribution in [1.29, 1.82) is 0 Å². The Balaban J connectivity index is 2.38. The lowest BCUT2D eigenvalue weighted by atomic mass is 10.3. The van der Waals surface area contributed by atoms with Gasteiger partial charge < -0.3 is 15.4 Å². The molecule has 0 aliphatic rings. The highest BCUT2D eigenvalue weighted by Crippen LogP contribution is 2.24. The number of likely N-dealkylation sites (N-methyl/N-ethyl adjacent to an activating group) is 1. The normalized spacial score (nSPS) is 11.9. The first-order valence-electron chi connectivity index (χ1n) is 6.04. The smallest absolute Gasteiger partial charge is 0.260 e. The first-order chi connectivity index (χ1) is 8.65. The van der Waals surface area contributed by atoms with Gasteiger partial charge in [-0.15, -0.1) is 0 Å². The molecule has 0 radical (unpaired) electrons. The maximum atomic E-state index is 11.7. The lowest BCUT2D eigenvalue weighted by molar-refractivity contribution is -0.127. The number of hydrogen-bond donors (Lipinski definition) is 2. The summed E-state index contributed by atoms with van der Waals surface area (Å²) in [4.78, 5) is 11.7. The van der Waals surface area contributed by atoms with Crippen LogP contribution in [-0.4, -0.2) is 31.6 Å². The number of rotatable bonds is 7. The molecule has 0 bridgehead atoms. The Kier molecular flexibility index (Phi) is 6.54. The van der Waals surface area contributed by atoms with E-state index in [4.69, 9.17) is 16.3 Å². The largest absolute Gasteiger partial charge is 0.479 e. The number of nitrogens with one attached hydrogen (secondary N) is 2. The summed E-state index contributed by atoms with van der Waals surface area (Å²) in [6.07, 6.45) is -0.563. The zero-order chi connectivity index (χ0) is 13.4. The quantitative estimate of drug-likeness (QED) is 0.744. The van der Waals surface area contributed by atoms with Crippen molar-refractivity contribution in [3.05, 3.63) is 29.3 Å². The molecule has 0 spiro atoms. The molecule has 1 aromatic rings. The second kappa shape index (κ2) is 7.95. The molecule has 100 valence electrons. The fourth-order valence-electron chi connectivity index (χ4n) is 1.38. The van der Waals surface area contributed by atoms with Crippen LogP contribution in [0.1, 0.15) is 13.8 Å². The van der Waals surface area contributed by atoms with Crippen LogP contribution in [0.15, 0.2) is 24.3 Å². The van der Waals surface area contributed by atoms with Crippen molar-refractivity contribution < 1.29 is 9.53 Å². The predicted molar refractivity (Wildman–Crippen MR) is 73.1 cm³/mol. The predicted octanol–water partition coefficient (Wildman–Crippen LogP) is 1.83. The number of ether oxygens (including phenoxy) is 1. The van der Waals surface area contributed by atoms with Gasteiger partial charge in [0.2, 0.25) is 0 Å². The van der Waals surface area contributed by atoms with Gasteiger partial charge in [0.05, 0.1) is 5.02 Å². The van der Waals surface area contributed by atoms with Crippen LogP contribution in [0.4, 0.5) is 0 Å². The molecule has 0 saturated heterocycles. The molecule has 2 N–H and O–H groups in total. The van der Waals surface area contributed by atoms with Gasteiger partial charge in [0.1, 0.15) is 5.75 Å². The van der Waals surface area contributed by atoms with Gasteiger partial charge in [-0.2, -0.15) is 0 Å². The topological polar surface area (TPSA) is 50.4 Å². The molecule has 1 rings (SSSR count). The second-order valence-electron chi connectivity index (χ2n) is 3.84. The number of para-hydroxylation sites is 1. The monoisotopic (exact) mass is 270 g/mol. The Morgan fingerprint density at radius 1 is 1.39 bits per heavy atom. The average molecular weight is 271 g/mol. The fourth-order valence-corrected chi connectivity index (χ4v) is 1.56. The molecule has 0 saturated carbocycles. The first-order valence-corrected chi connectivity index (χ1v) is 6.42. The van der Waals surface area contributed by atoms with Crippen molar-refractivity contribution in [3.63, 3.8) is 0 Å². The third-order valence-electron chi connectivity index (χ3n) is 2.36. The molecule has 0 fully saturated rings. The van der Waals surface area contributed by atoms with Crippen LogP contribution >= 0.6 is 11.6 Å². The maximum absolute atomic E-state index is 11.7. The Bertz CT molecular complexity index is 385. The summed E-state index contributed by atoms with van der Waals surface area (Å²) in [6, 6.07) is 7.10. The number of hydrogen-bond acceptors (Lipinski definition) is 3. The molecule has 1 amide bonds. The van der Waals surface area contributed by atoms with Crippen LogP contribution in [0.3, 0.4) is 0 Å². The third kappa shape index (κ3) is 4.94. The van der Waals surface area contributed by atoms with Crippen LogP contribution in [0, 0.1) is 0 Å². The minimum atomic E-state index is -0.563. The Labute approximate surface area is 113 Å². The van der Waals surface area contributed by atoms with E-state index in [2.05, 4.69) is 10.6 Å². The van der Waals surface area contributed by atoms with E-state index in [0.29, 0.717) is 17.3 Å². The van der Waals surface area contributed by atoms with Gasteiger partial charge in [-0.3, -0.25) is 4.79 Å². The van der Waals surface area contributed by atoms with Gasteiger partial charge in [0.25, 0.3) is 5.91 Å². The summed E-state index contributed by atoms with van der Waals surface area (Å²) in [7, 11) is 0. The number of amides is 1. The van der Waals surface area contributed by atoms with Crippen LogP contribution < -0.4 is 15.4 Å². The zero-order valence-electron chi connectivity index (χ0n) is 10.7. The third-order valence-corrected chi connectivity index (χ3v) is 2.67. The van der Waals surface area contributed by atoms with Crippen LogP contribution in [-0.2, 0) is 4.79 Å². The van der Waals surface area contributed by atoms with Crippen molar-refractivity contribution in [2.24, 2.45) is 0 Å². The summed E-state index contributed by atoms with van der Waals surface area (Å²) in [5.41, 5.74) is 0. The fraction of sp³-hybridized carbons (Fsp3) is 0.462. The van der Waals surface area contributed by atoms with E-state index in [9.17, 15) is 4.79 Å². The number of halogens is 1. The lowest BCUT2D eigenvalue weighted by Crippen LogP contribution is -2.39. The molecular formula is C13H19ClN2O2. The van der Waals surface area contributed by atoms with Crippen molar-refractivity contribution >= 4 is 17.5 Å². The Morgan fingerprint density at radius 3 is 2.78 bits per heavy atom. The summed E-state index contributed by atoms with van der Waals surface area (Å²) < 4.78 is 5.50. The molecule has 1 unspecified atom stereocenters. The van der Waals surface area contributed by atoms with Gasteiger partial charge >= 0.3 is 0 Å². The van der Waals surface area contributed by atoms with Crippen LogP contribution in [0.2, 0.25) is 5.02 Å². The van der Waals surface area contributed by atoms with Crippen LogP contribution in [0.25, 0.3) is 0 Å². The molecule has 0 aliphatic heterocycles. The van der Waals surface area contributed by atoms with E-state index in [-0.39, 0.29) is 5.91 Å². The molecule has 4 nitrogen and oxygen atoms in total. The van der Waals surface area contributed by atoms with E-state index in [1.807, 2.05) is 19.1 Å². The highest BCUT2D eigenvalue weighted by Gasteiger charge is 2.14. The molecule has 18 heavy (non-hydrogen) atoms. The number of carbonyl (C=O) groups is 1. The van der Waals surface area contributed by atoms with E-state index >= 15 is 0 Å². The standard InChI is InChI=1S/C13H19ClN2O2/c1-3-15-8-9-16-13(17)10(2)18-12-7-5-4-6-11(12)14/h4-7,10,15H,3,8-9H2,1-2H3,(H,16,17). The lowest BCUT2D eigenvalue weighted by Gasteiger charge is -2.15. The van der Waals surface area contributed by atoms with Crippen molar-refractivity contribution in [2.75, 3.05) is 19.6 Å². The van der Waals surface area contributed by atoms with Gasteiger partial charge in [0, 0.05) is 13.1 Å². The molecule has 1 atom stereocenters. The van der Waals surface area contributed by atoms with Gasteiger partial charge in [-0.05, 0) is 25.6 Å². The van der Waals surface area contributed by atoms with Gasteiger partial charge in [-0.1, -0.05) is 30.7 Å². The number of benzene rings is 1. The number of carbonyl (C=O) groups excluding carboxylic acids is 1. The highest BCUT2D eigenvalue weighted by atomic mass is 35.5.